The molecule has 1 unspecified atom stereocenters. The van der Waals surface area contributed by atoms with Crippen LogP contribution in [-0.4, -0.2) is 28.0 Å². The largest absolute Gasteiger partial charge is 0.341 e. The lowest BCUT2D eigenvalue weighted by Crippen LogP contribution is -2.33. The standard InChI is InChI=1S/C21H25FN4/c22-17-7-8-18-19(13-17)25-21(24-18)20-6-1-2-11-26(20)14-16-5-3-4-15(12-16)9-10-23/h3-5,7-8,12-13,20H,1-2,6,9-11,14,23H2,(H,24,25). The highest BCUT2D eigenvalue weighted by Crippen LogP contribution is 2.32. The molecule has 0 spiro atoms. The number of H-pyrrole nitrogens is 1. The van der Waals surface area contributed by atoms with Crippen molar-refractivity contribution in [2.45, 2.75) is 38.3 Å². The van der Waals surface area contributed by atoms with Crippen LogP contribution in [0.5, 0.6) is 0 Å². The highest BCUT2D eigenvalue weighted by Gasteiger charge is 2.26. The first kappa shape index (κ1) is 17.2. The molecule has 1 aromatic heterocycles. The molecule has 4 nitrogen and oxygen atoms in total. The van der Waals surface area contributed by atoms with Gasteiger partial charge in [-0.3, -0.25) is 4.90 Å². The Balaban J connectivity index is 1.58. The average Bonchev–Trinajstić information content (AvgIpc) is 3.06. The van der Waals surface area contributed by atoms with Crippen LogP contribution in [0.1, 0.15) is 42.3 Å². The molecule has 0 radical (unpaired) electrons. The minimum absolute atomic E-state index is 0.232. The highest BCUT2D eigenvalue weighted by molar-refractivity contribution is 5.75. The number of aromatic nitrogens is 2. The number of halogens is 1. The summed E-state index contributed by atoms with van der Waals surface area (Å²) in [7, 11) is 0. The number of nitrogens with zero attached hydrogens (tertiary/aromatic N) is 2. The highest BCUT2D eigenvalue weighted by atomic mass is 19.1. The minimum Gasteiger partial charge on any atom is -0.341 e. The van der Waals surface area contributed by atoms with Gasteiger partial charge < -0.3 is 10.7 Å². The van der Waals surface area contributed by atoms with Gasteiger partial charge in [0.2, 0.25) is 0 Å². The van der Waals surface area contributed by atoms with E-state index in [-0.39, 0.29) is 11.9 Å². The fraction of sp³-hybridized carbons (Fsp3) is 0.381. The lowest BCUT2D eigenvalue weighted by Gasteiger charge is -2.34. The summed E-state index contributed by atoms with van der Waals surface area (Å²) in [6.07, 6.45) is 4.38. The zero-order valence-corrected chi connectivity index (χ0v) is 14.9. The number of fused-ring (bicyclic) bond motifs is 1. The van der Waals surface area contributed by atoms with Crippen molar-refractivity contribution in [1.82, 2.24) is 14.9 Å². The number of hydrogen-bond donors (Lipinski definition) is 2. The van der Waals surface area contributed by atoms with Crippen LogP contribution < -0.4 is 5.73 Å². The molecule has 1 aliphatic rings. The Hall–Kier alpha value is -2.24. The van der Waals surface area contributed by atoms with Gasteiger partial charge in [0, 0.05) is 6.54 Å². The summed E-state index contributed by atoms with van der Waals surface area (Å²) in [6.45, 7) is 2.62. The number of benzene rings is 2. The van der Waals surface area contributed by atoms with E-state index in [0.29, 0.717) is 6.54 Å². The van der Waals surface area contributed by atoms with Gasteiger partial charge in [0.25, 0.3) is 0 Å². The van der Waals surface area contributed by atoms with Crippen molar-refractivity contribution in [3.05, 3.63) is 65.2 Å². The van der Waals surface area contributed by atoms with E-state index in [1.165, 1.54) is 36.1 Å². The molecule has 1 atom stereocenters. The van der Waals surface area contributed by atoms with Crippen molar-refractivity contribution >= 4 is 11.0 Å². The molecule has 0 saturated carbocycles. The van der Waals surface area contributed by atoms with Gasteiger partial charge in [-0.05, 0) is 61.7 Å². The molecule has 0 aliphatic carbocycles. The van der Waals surface area contributed by atoms with Crippen LogP contribution in [0.3, 0.4) is 0 Å². The molecule has 3 N–H and O–H groups in total. The van der Waals surface area contributed by atoms with Crippen LogP contribution in [-0.2, 0) is 13.0 Å². The van der Waals surface area contributed by atoms with Gasteiger partial charge in [-0.1, -0.05) is 30.7 Å². The molecule has 4 rings (SSSR count). The normalized spacial score (nSPS) is 18.5. The third-order valence-electron chi connectivity index (χ3n) is 5.20. The lowest BCUT2D eigenvalue weighted by atomic mass is 10.00. The maximum Gasteiger partial charge on any atom is 0.125 e. The molecular weight excluding hydrogens is 327 g/mol. The van der Waals surface area contributed by atoms with Crippen LogP contribution in [0.4, 0.5) is 4.39 Å². The Morgan fingerprint density at radius 2 is 2.04 bits per heavy atom. The molecule has 136 valence electrons. The number of rotatable bonds is 5. The van der Waals surface area contributed by atoms with Crippen molar-refractivity contribution < 1.29 is 4.39 Å². The first-order valence-electron chi connectivity index (χ1n) is 9.40. The van der Waals surface area contributed by atoms with Gasteiger partial charge in [-0.2, -0.15) is 0 Å². The van der Waals surface area contributed by atoms with Crippen molar-refractivity contribution in [3.8, 4) is 0 Å². The summed E-state index contributed by atoms with van der Waals surface area (Å²) in [6, 6.07) is 13.7. The maximum atomic E-state index is 13.5. The second-order valence-corrected chi connectivity index (χ2v) is 7.12. The van der Waals surface area contributed by atoms with E-state index >= 15 is 0 Å². The van der Waals surface area contributed by atoms with E-state index in [1.54, 1.807) is 6.07 Å². The summed E-state index contributed by atoms with van der Waals surface area (Å²) in [4.78, 5) is 10.6. The summed E-state index contributed by atoms with van der Waals surface area (Å²) >= 11 is 0. The SMILES string of the molecule is NCCc1cccc(CN2CCCCC2c2nc3ccc(F)cc3[nH]2)c1. The number of hydrogen-bond acceptors (Lipinski definition) is 3. The summed E-state index contributed by atoms with van der Waals surface area (Å²) in [5.41, 5.74) is 9.89. The molecule has 26 heavy (non-hydrogen) atoms. The van der Waals surface area contributed by atoms with Gasteiger partial charge >= 0.3 is 0 Å². The number of likely N-dealkylation sites (tertiary alicyclic amines) is 1. The van der Waals surface area contributed by atoms with E-state index < -0.39 is 0 Å². The topological polar surface area (TPSA) is 57.9 Å². The predicted octanol–water partition coefficient (Wildman–Crippen LogP) is 3.93. The summed E-state index contributed by atoms with van der Waals surface area (Å²) in [5, 5.41) is 0. The van der Waals surface area contributed by atoms with Crippen molar-refractivity contribution in [2.24, 2.45) is 5.73 Å². The Morgan fingerprint density at radius 1 is 1.15 bits per heavy atom. The molecule has 1 fully saturated rings. The number of aromatic amines is 1. The molecule has 3 aromatic rings. The third kappa shape index (κ3) is 3.64. The van der Waals surface area contributed by atoms with Crippen LogP contribution in [0.2, 0.25) is 0 Å². The second kappa shape index (κ2) is 7.56. The fourth-order valence-electron chi connectivity index (χ4n) is 3.93. The molecule has 1 aliphatic heterocycles. The van der Waals surface area contributed by atoms with E-state index in [2.05, 4.69) is 34.1 Å². The van der Waals surface area contributed by atoms with Gasteiger partial charge in [-0.25, -0.2) is 9.37 Å². The summed E-state index contributed by atoms with van der Waals surface area (Å²) < 4.78 is 13.5. The lowest BCUT2D eigenvalue weighted by molar-refractivity contribution is 0.134. The van der Waals surface area contributed by atoms with Gasteiger partial charge in [0.1, 0.15) is 11.6 Å². The van der Waals surface area contributed by atoms with Crippen LogP contribution in [0.25, 0.3) is 11.0 Å². The van der Waals surface area contributed by atoms with E-state index in [4.69, 9.17) is 10.7 Å². The van der Waals surface area contributed by atoms with E-state index in [1.807, 2.05) is 0 Å². The first-order valence-corrected chi connectivity index (χ1v) is 9.40. The fourth-order valence-corrected chi connectivity index (χ4v) is 3.93. The van der Waals surface area contributed by atoms with E-state index in [9.17, 15) is 4.39 Å². The van der Waals surface area contributed by atoms with Crippen molar-refractivity contribution in [3.63, 3.8) is 0 Å². The molecule has 2 aromatic carbocycles. The predicted molar refractivity (Wildman–Crippen MR) is 102 cm³/mol. The number of imidazole rings is 1. The number of nitrogens with two attached hydrogens (primary N) is 1. The Morgan fingerprint density at radius 3 is 2.92 bits per heavy atom. The van der Waals surface area contributed by atoms with Crippen LogP contribution in [0, 0.1) is 5.82 Å². The molecule has 2 heterocycles. The van der Waals surface area contributed by atoms with Crippen molar-refractivity contribution in [2.75, 3.05) is 13.1 Å². The zero-order valence-electron chi connectivity index (χ0n) is 14.9. The monoisotopic (exact) mass is 352 g/mol. The Bertz CT molecular complexity index is 889. The van der Waals surface area contributed by atoms with Gasteiger partial charge in [0.15, 0.2) is 0 Å². The molecule has 5 heteroatoms. The van der Waals surface area contributed by atoms with Gasteiger partial charge in [0.05, 0.1) is 17.1 Å². The molecule has 0 amide bonds. The minimum atomic E-state index is -0.232. The van der Waals surface area contributed by atoms with Gasteiger partial charge in [-0.15, -0.1) is 0 Å². The number of nitrogens with one attached hydrogen (secondary N) is 1. The Labute approximate surface area is 153 Å². The first-order chi connectivity index (χ1) is 12.7. The number of piperidine rings is 1. The third-order valence-corrected chi connectivity index (χ3v) is 5.20. The smallest absolute Gasteiger partial charge is 0.125 e. The van der Waals surface area contributed by atoms with Crippen molar-refractivity contribution in [1.29, 1.82) is 0 Å². The Kier molecular flexibility index (Phi) is 5.00. The average molecular weight is 352 g/mol. The second-order valence-electron chi connectivity index (χ2n) is 7.12. The van der Waals surface area contributed by atoms with Crippen LogP contribution in [0.15, 0.2) is 42.5 Å². The quantitative estimate of drug-likeness (QED) is 0.731. The van der Waals surface area contributed by atoms with Crippen LogP contribution >= 0.6 is 0 Å². The van der Waals surface area contributed by atoms with E-state index in [0.717, 1.165) is 42.8 Å². The molecular formula is C21H25FN4. The summed E-state index contributed by atoms with van der Waals surface area (Å²) in [5.74, 6) is 0.716. The molecule has 0 bridgehead atoms. The molecule has 1 saturated heterocycles. The maximum absolute atomic E-state index is 13.5. The zero-order chi connectivity index (χ0) is 17.9.